The third-order valence-electron chi connectivity index (χ3n) is 2.18. The third kappa shape index (κ3) is 3.83. The summed E-state index contributed by atoms with van der Waals surface area (Å²) in [6.45, 7) is 1.70. The maximum absolute atomic E-state index is 11.3. The molecule has 1 rings (SSSR count). The standard InChI is InChI=1S/C13H13NO4/c1-3-6-14-12(15)8-18-11-7-10(13(16)17)5-4-9(11)2/h1,4-5,7H,6,8H2,2H3,(H,14,15)(H,16,17). The fraction of sp³-hybridized carbons (Fsp3) is 0.231. The Labute approximate surface area is 105 Å². The molecule has 0 atom stereocenters. The van der Waals surface area contributed by atoms with Crippen LogP contribution in [0.15, 0.2) is 18.2 Å². The normalized spacial score (nSPS) is 9.33. The Hall–Kier alpha value is -2.48. The quantitative estimate of drug-likeness (QED) is 0.755. The Morgan fingerprint density at radius 1 is 1.50 bits per heavy atom. The van der Waals surface area contributed by atoms with Gasteiger partial charge in [-0.25, -0.2) is 4.79 Å². The first-order valence-electron chi connectivity index (χ1n) is 5.21. The molecule has 18 heavy (non-hydrogen) atoms. The molecule has 0 saturated carbocycles. The van der Waals surface area contributed by atoms with E-state index in [1.54, 1.807) is 13.0 Å². The fourth-order valence-corrected chi connectivity index (χ4v) is 1.23. The largest absolute Gasteiger partial charge is 0.483 e. The fourth-order valence-electron chi connectivity index (χ4n) is 1.23. The van der Waals surface area contributed by atoms with Gasteiger partial charge in [-0.1, -0.05) is 12.0 Å². The number of hydrogen-bond acceptors (Lipinski definition) is 3. The topological polar surface area (TPSA) is 75.6 Å². The van der Waals surface area contributed by atoms with Gasteiger partial charge in [0.15, 0.2) is 6.61 Å². The molecule has 1 aromatic rings. The van der Waals surface area contributed by atoms with Gasteiger partial charge in [0.05, 0.1) is 12.1 Å². The minimum absolute atomic E-state index is 0.111. The van der Waals surface area contributed by atoms with Crippen molar-refractivity contribution >= 4 is 11.9 Å². The molecule has 0 saturated heterocycles. The number of carboxylic acid groups (broad SMARTS) is 1. The Kier molecular flexibility index (Phi) is 4.76. The molecule has 0 radical (unpaired) electrons. The summed E-state index contributed by atoms with van der Waals surface area (Å²) in [7, 11) is 0. The number of ether oxygens (including phenoxy) is 1. The van der Waals surface area contributed by atoms with Crippen molar-refractivity contribution in [1.82, 2.24) is 5.32 Å². The number of carbonyl (C=O) groups is 2. The molecule has 0 fully saturated rings. The van der Waals surface area contributed by atoms with E-state index in [1.807, 2.05) is 0 Å². The second kappa shape index (κ2) is 6.30. The van der Waals surface area contributed by atoms with Crippen LogP contribution in [0.2, 0.25) is 0 Å². The van der Waals surface area contributed by atoms with E-state index in [1.165, 1.54) is 12.1 Å². The highest BCUT2D eigenvalue weighted by Gasteiger charge is 2.08. The van der Waals surface area contributed by atoms with Crippen molar-refractivity contribution in [1.29, 1.82) is 0 Å². The van der Waals surface area contributed by atoms with Crippen LogP contribution < -0.4 is 10.1 Å². The number of carboxylic acids is 1. The van der Waals surface area contributed by atoms with E-state index in [-0.39, 0.29) is 24.6 Å². The second-order valence-electron chi connectivity index (χ2n) is 3.55. The zero-order chi connectivity index (χ0) is 13.5. The second-order valence-corrected chi connectivity index (χ2v) is 3.55. The van der Waals surface area contributed by atoms with Crippen molar-refractivity contribution in [2.45, 2.75) is 6.92 Å². The number of carbonyl (C=O) groups excluding carboxylic acids is 1. The number of benzene rings is 1. The smallest absolute Gasteiger partial charge is 0.335 e. The summed E-state index contributed by atoms with van der Waals surface area (Å²) in [5.74, 6) is 1.24. The summed E-state index contributed by atoms with van der Waals surface area (Å²) in [6.07, 6.45) is 4.99. The van der Waals surface area contributed by atoms with E-state index in [0.717, 1.165) is 5.56 Å². The molecular weight excluding hydrogens is 234 g/mol. The van der Waals surface area contributed by atoms with Gasteiger partial charge in [-0.15, -0.1) is 6.42 Å². The van der Waals surface area contributed by atoms with E-state index in [2.05, 4.69) is 11.2 Å². The zero-order valence-electron chi connectivity index (χ0n) is 9.90. The van der Waals surface area contributed by atoms with Crippen LogP contribution in [-0.2, 0) is 4.79 Å². The zero-order valence-corrected chi connectivity index (χ0v) is 9.90. The predicted octanol–water partition coefficient (Wildman–Crippen LogP) is 0.821. The molecule has 0 unspecified atom stereocenters. The van der Waals surface area contributed by atoms with Crippen LogP contribution in [0.4, 0.5) is 0 Å². The molecule has 1 aromatic carbocycles. The Morgan fingerprint density at radius 2 is 2.22 bits per heavy atom. The molecule has 0 aliphatic carbocycles. The minimum Gasteiger partial charge on any atom is -0.483 e. The van der Waals surface area contributed by atoms with Crippen molar-refractivity contribution in [2.24, 2.45) is 0 Å². The molecule has 1 amide bonds. The highest BCUT2D eigenvalue weighted by Crippen LogP contribution is 2.19. The van der Waals surface area contributed by atoms with Crippen LogP contribution in [0.1, 0.15) is 15.9 Å². The average Bonchev–Trinajstić information content (AvgIpc) is 2.35. The molecule has 0 bridgehead atoms. The van der Waals surface area contributed by atoms with Crippen molar-refractivity contribution < 1.29 is 19.4 Å². The van der Waals surface area contributed by atoms with Crippen molar-refractivity contribution in [3.8, 4) is 18.1 Å². The van der Waals surface area contributed by atoms with E-state index < -0.39 is 5.97 Å². The van der Waals surface area contributed by atoms with Crippen LogP contribution in [0, 0.1) is 19.3 Å². The van der Waals surface area contributed by atoms with Crippen molar-refractivity contribution in [2.75, 3.05) is 13.2 Å². The first kappa shape index (κ1) is 13.6. The number of terminal acetylenes is 1. The van der Waals surface area contributed by atoms with Gasteiger partial charge in [-0.3, -0.25) is 4.79 Å². The van der Waals surface area contributed by atoms with E-state index in [4.69, 9.17) is 16.3 Å². The van der Waals surface area contributed by atoms with Crippen LogP contribution in [0.3, 0.4) is 0 Å². The predicted molar refractivity (Wildman–Crippen MR) is 65.5 cm³/mol. The van der Waals surface area contributed by atoms with Gasteiger partial charge < -0.3 is 15.2 Å². The molecule has 0 heterocycles. The number of aromatic carboxylic acids is 1. The van der Waals surface area contributed by atoms with Gasteiger partial charge >= 0.3 is 5.97 Å². The number of nitrogens with one attached hydrogen (secondary N) is 1. The molecule has 0 aromatic heterocycles. The Balaban J connectivity index is 2.67. The molecule has 94 valence electrons. The minimum atomic E-state index is -1.04. The molecule has 0 spiro atoms. The molecular formula is C13H13NO4. The molecule has 2 N–H and O–H groups in total. The van der Waals surface area contributed by atoms with Crippen LogP contribution >= 0.6 is 0 Å². The Morgan fingerprint density at radius 3 is 2.83 bits per heavy atom. The van der Waals surface area contributed by atoms with Crippen LogP contribution in [0.5, 0.6) is 5.75 Å². The van der Waals surface area contributed by atoms with Crippen molar-refractivity contribution in [3.05, 3.63) is 29.3 Å². The SMILES string of the molecule is C#CCNC(=O)COc1cc(C(=O)O)ccc1C. The number of hydrogen-bond donors (Lipinski definition) is 2. The summed E-state index contributed by atoms with van der Waals surface area (Å²) < 4.78 is 5.24. The maximum Gasteiger partial charge on any atom is 0.335 e. The number of rotatable bonds is 5. The summed E-state index contributed by atoms with van der Waals surface area (Å²) in [6, 6.07) is 4.48. The average molecular weight is 247 g/mol. The lowest BCUT2D eigenvalue weighted by molar-refractivity contribution is -0.122. The van der Waals surface area contributed by atoms with Gasteiger partial charge in [0.1, 0.15) is 5.75 Å². The number of aryl methyl sites for hydroxylation is 1. The van der Waals surface area contributed by atoms with Gasteiger partial charge in [-0.05, 0) is 24.6 Å². The maximum atomic E-state index is 11.3. The lowest BCUT2D eigenvalue weighted by Gasteiger charge is -2.09. The summed E-state index contributed by atoms with van der Waals surface area (Å²) in [4.78, 5) is 22.0. The number of amides is 1. The molecule has 0 aliphatic heterocycles. The first-order valence-corrected chi connectivity index (χ1v) is 5.21. The van der Waals surface area contributed by atoms with Gasteiger partial charge in [-0.2, -0.15) is 0 Å². The highest BCUT2D eigenvalue weighted by atomic mass is 16.5. The lowest BCUT2D eigenvalue weighted by atomic mass is 10.1. The van der Waals surface area contributed by atoms with Crippen molar-refractivity contribution in [3.63, 3.8) is 0 Å². The summed E-state index contributed by atoms with van der Waals surface area (Å²) >= 11 is 0. The van der Waals surface area contributed by atoms with Crippen LogP contribution in [-0.4, -0.2) is 30.1 Å². The lowest BCUT2D eigenvalue weighted by Crippen LogP contribution is -2.29. The Bertz CT molecular complexity index is 502. The monoisotopic (exact) mass is 247 g/mol. The van der Waals surface area contributed by atoms with Gasteiger partial charge in [0, 0.05) is 0 Å². The molecule has 5 nitrogen and oxygen atoms in total. The van der Waals surface area contributed by atoms with E-state index >= 15 is 0 Å². The van der Waals surface area contributed by atoms with E-state index in [0.29, 0.717) is 5.75 Å². The van der Waals surface area contributed by atoms with Crippen LogP contribution in [0.25, 0.3) is 0 Å². The first-order chi connectivity index (χ1) is 8.54. The van der Waals surface area contributed by atoms with Gasteiger partial charge in [0.2, 0.25) is 0 Å². The molecule has 0 aliphatic rings. The van der Waals surface area contributed by atoms with Gasteiger partial charge in [0.25, 0.3) is 5.91 Å². The summed E-state index contributed by atoms with van der Waals surface area (Å²) in [5, 5.41) is 11.3. The highest BCUT2D eigenvalue weighted by molar-refractivity contribution is 5.88. The van der Waals surface area contributed by atoms with E-state index in [9.17, 15) is 9.59 Å². The third-order valence-corrected chi connectivity index (χ3v) is 2.18. The molecule has 5 heteroatoms. The summed E-state index contributed by atoms with van der Waals surface area (Å²) in [5.41, 5.74) is 0.865.